The van der Waals surface area contributed by atoms with Crippen LogP contribution in [-0.2, 0) is 36.8 Å². The molecule has 0 saturated carbocycles. The summed E-state index contributed by atoms with van der Waals surface area (Å²) in [6.07, 6.45) is 0.943. The minimum Gasteiger partial charge on any atom is -0.508 e. The maximum absolute atomic E-state index is 13.7. The summed E-state index contributed by atoms with van der Waals surface area (Å²) >= 11 is 0. The predicted molar refractivity (Wildman–Crippen MR) is 163 cm³/mol. The van der Waals surface area contributed by atoms with Crippen LogP contribution in [0.3, 0.4) is 0 Å². The first-order chi connectivity index (χ1) is 20.7. The van der Waals surface area contributed by atoms with Gasteiger partial charge in [-0.1, -0.05) is 63.2 Å². The standard InChI is InChI=1S/C32H43N5O7/c1-19(33)27(39)36-26(32(2,3)4)30(42)37-16-8-11-25(37)29(41)34-23(17-20-9-6-5-7-10-20)28(40)35-24(31(43)44)18-21-12-14-22(38)15-13-21/h5-7,9-10,12-15,19,23-26,38H,8,11,16-18,33H2,1-4H3,(H,34,41)(H,35,40)(H,36,39)(H,43,44)/t19-,23-,24-,25-,26+/m0/s1. The van der Waals surface area contributed by atoms with Crippen LogP contribution in [0.2, 0.25) is 0 Å². The van der Waals surface area contributed by atoms with E-state index in [1.807, 2.05) is 6.07 Å². The molecule has 1 heterocycles. The SMILES string of the molecule is C[C@H](N)C(=O)N[C@H](C(=O)N1CCC[C@H]1C(=O)N[C@@H](Cc1ccccc1)C(=O)N[C@@H](Cc1ccc(O)cc1)C(=O)O)C(C)(C)C. The highest BCUT2D eigenvalue weighted by atomic mass is 16.4. The topological polar surface area (TPSA) is 191 Å². The molecule has 12 heteroatoms. The fourth-order valence-electron chi connectivity index (χ4n) is 5.06. The van der Waals surface area contributed by atoms with Gasteiger partial charge in [-0.3, -0.25) is 19.2 Å². The number of carbonyl (C=O) groups excluding carboxylic acids is 4. The normalized spacial score (nSPS) is 17.6. The van der Waals surface area contributed by atoms with E-state index in [4.69, 9.17) is 5.73 Å². The predicted octanol–water partition coefficient (Wildman–Crippen LogP) is 1.10. The lowest BCUT2D eigenvalue weighted by Gasteiger charge is -2.36. The Hall–Kier alpha value is -4.45. The molecule has 4 amide bonds. The monoisotopic (exact) mass is 609 g/mol. The number of carboxylic acids is 1. The van der Waals surface area contributed by atoms with Crippen LogP contribution >= 0.6 is 0 Å². The van der Waals surface area contributed by atoms with Crippen molar-refractivity contribution in [2.24, 2.45) is 11.1 Å². The van der Waals surface area contributed by atoms with E-state index in [-0.39, 0.29) is 18.6 Å². The molecule has 238 valence electrons. The number of aliphatic carboxylic acids is 1. The summed E-state index contributed by atoms with van der Waals surface area (Å²) in [6, 6.07) is 9.86. The molecule has 1 aliphatic heterocycles. The van der Waals surface area contributed by atoms with Crippen LogP contribution in [0.15, 0.2) is 54.6 Å². The van der Waals surface area contributed by atoms with E-state index in [0.29, 0.717) is 24.9 Å². The van der Waals surface area contributed by atoms with Gasteiger partial charge in [0.1, 0.15) is 29.9 Å². The first-order valence-electron chi connectivity index (χ1n) is 14.7. The Bertz CT molecular complexity index is 1320. The van der Waals surface area contributed by atoms with Gasteiger partial charge in [0.05, 0.1) is 6.04 Å². The quantitative estimate of drug-likeness (QED) is 0.206. The van der Waals surface area contributed by atoms with Gasteiger partial charge in [-0.05, 0) is 48.4 Å². The zero-order chi connectivity index (χ0) is 32.6. The molecular formula is C32H43N5O7. The van der Waals surface area contributed by atoms with Gasteiger partial charge in [0.15, 0.2) is 0 Å². The maximum atomic E-state index is 13.7. The third kappa shape index (κ3) is 9.27. The number of nitrogens with two attached hydrogens (primary N) is 1. The Morgan fingerprint density at radius 2 is 1.48 bits per heavy atom. The molecule has 0 spiro atoms. The van der Waals surface area contributed by atoms with Crippen LogP contribution in [0.25, 0.3) is 0 Å². The second-order valence-corrected chi connectivity index (χ2v) is 12.3. The molecule has 0 aromatic heterocycles. The van der Waals surface area contributed by atoms with Crippen molar-refractivity contribution in [2.45, 2.75) is 83.6 Å². The van der Waals surface area contributed by atoms with E-state index in [0.717, 1.165) is 5.56 Å². The molecule has 0 bridgehead atoms. The first-order valence-corrected chi connectivity index (χ1v) is 14.7. The van der Waals surface area contributed by atoms with Crippen LogP contribution in [0.1, 0.15) is 51.7 Å². The van der Waals surface area contributed by atoms with Crippen LogP contribution in [0.5, 0.6) is 5.75 Å². The fraction of sp³-hybridized carbons (Fsp3) is 0.469. The van der Waals surface area contributed by atoms with Crippen molar-refractivity contribution in [1.82, 2.24) is 20.9 Å². The number of phenols is 1. The summed E-state index contributed by atoms with van der Waals surface area (Å²) in [5.41, 5.74) is 6.37. The molecular weight excluding hydrogens is 566 g/mol. The second-order valence-electron chi connectivity index (χ2n) is 12.3. The van der Waals surface area contributed by atoms with Gasteiger partial charge < -0.3 is 36.8 Å². The van der Waals surface area contributed by atoms with Crippen LogP contribution in [0.4, 0.5) is 0 Å². The molecule has 0 aliphatic carbocycles. The second kappa shape index (κ2) is 14.8. The largest absolute Gasteiger partial charge is 0.508 e. The number of phenolic OH excluding ortho intramolecular Hbond substituents is 1. The molecule has 12 nitrogen and oxygen atoms in total. The number of nitrogens with one attached hydrogen (secondary N) is 3. The number of likely N-dealkylation sites (tertiary alicyclic amines) is 1. The molecule has 5 atom stereocenters. The summed E-state index contributed by atoms with van der Waals surface area (Å²) in [6.45, 7) is 7.22. The van der Waals surface area contributed by atoms with Gasteiger partial charge >= 0.3 is 5.97 Å². The first kappa shape index (κ1) is 34.0. The Morgan fingerprint density at radius 1 is 0.886 bits per heavy atom. The van der Waals surface area contributed by atoms with E-state index in [1.165, 1.54) is 24.0 Å². The minimum absolute atomic E-state index is 0.0277. The molecule has 2 aromatic carbocycles. The van der Waals surface area contributed by atoms with Crippen LogP contribution < -0.4 is 21.7 Å². The zero-order valence-electron chi connectivity index (χ0n) is 25.6. The number of rotatable bonds is 12. The molecule has 0 unspecified atom stereocenters. The fourth-order valence-corrected chi connectivity index (χ4v) is 5.06. The summed E-state index contributed by atoms with van der Waals surface area (Å²) in [5.74, 6) is -3.39. The Balaban J connectivity index is 1.81. The van der Waals surface area contributed by atoms with Gasteiger partial charge in [0.25, 0.3) is 0 Å². The Morgan fingerprint density at radius 3 is 2.05 bits per heavy atom. The highest BCUT2D eigenvalue weighted by molar-refractivity contribution is 5.96. The Labute approximate surface area is 257 Å². The molecule has 7 N–H and O–H groups in total. The average molecular weight is 610 g/mol. The summed E-state index contributed by atoms with van der Waals surface area (Å²) in [5, 5.41) is 27.4. The molecule has 44 heavy (non-hydrogen) atoms. The zero-order valence-corrected chi connectivity index (χ0v) is 25.6. The lowest BCUT2D eigenvalue weighted by Crippen LogP contribution is -2.60. The number of amides is 4. The van der Waals surface area contributed by atoms with Crippen LogP contribution in [-0.4, -0.2) is 81.5 Å². The molecule has 3 rings (SSSR count). The smallest absolute Gasteiger partial charge is 0.326 e. The number of hydrogen-bond donors (Lipinski definition) is 6. The van der Waals surface area contributed by atoms with Crippen molar-refractivity contribution in [3.05, 3.63) is 65.7 Å². The minimum atomic E-state index is -1.30. The third-order valence-corrected chi connectivity index (χ3v) is 7.56. The van der Waals surface area contributed by atoms with Crippen LogP contribution in [0, 0.1) is 5.41 Å². The molecule has 0 radical (unpaired) electrons. The molecule has 2 aromatic rings. The number of aromatic hydroxyl groups is 1. The van der Waals surface area contributed by atoms with E-state index >= 15 is 0 Å². The van der Waals surface area contributed by atoms with E-state index < -0.39 is 65.2 Å². The van der Waals surface area contributed by atoms with Gasteiger partial charge in [-0.25, -0.2) is 4.79 Å². The van der Waals surface area contributed by atoms with Crippen molar-refractivity contribution < 1.29 is 34.2 Å². The summed E-state index contributed by atoms with van der Waals surface area (Å²) in [4.78, 5) is 66.8. The van der Waals surface area contributed by atoms with Gasteiger partial charge in [-0.2, -0.15) is 0 Å². The number of carboxylic acid groups (broad SMARTS) is 1. The van der Waals surface area contributed by atoms with Gasteiger partial charge in [0.2, 0.25) is 23.6 Å². The third-order valence-electron chi connectivity index (χ3n) is 7.56. The summed E-state index contributed by atoms with van der Waals surface area (Å²) in [7, 11) is 0. The lowest BCUT2D eigenvalue weighted by atomic mass is 9.85. The van der Waals surface area contributed by atoms with Crippen molar-refractivity contribution in [2.75, 3.05) is 6.54 Å². The van der Waals surface area contributed by atoms with Gasteiger partial charge in [0, 0.05) is 19.4 Å². The van der Waals surface area contributed by atoms with Gasteiger partial charge in [-0.15, -0.1) is 0 Å². The van der Waals surface area contributed by atoms with E-state index in [9.17, 15) is 34.2 Å². The molecule has 1 saturated heterocycles. The molecule has 1 fully saturated rings. The number of carbonyl (C=O) groups is 5. The van der Waals surface area contributed by atoms with E-state index in [1.54, 1.807) is 57.2 Å². The Kier molecular flexibility index (Phi) is 11.5. The van der Waals surface area contributed by atoms with E-state index in [2.05, 4.69) is 16.0 Å². The highest BCUT2D eigenvalue weighted by Gasteiger charge is 2.42. The molecule has 1 aliphatic rings. The number of benzene rings is 2. The highest BCUT2D eigenvalue weighted by Crippen LogP contribution is 2.26. The maximum Gasteiger partial charge on any atom is 0.326 e. The number of hydrogen-bond acceptors (Lipinski definition) is 7. The van der Waals surface area contributed by atoms with Crippen molar-refractivity contribution in [1.29, 1.82) is 0 Å². The van der Waals surface area contributed by atoms with Crippen molar-refractivity contribution >= 4 is 29.6 Å². The summed E-state index contributed by atoms with van der Waals surface area (Å²) < 4.78 is 0. The lowest BCUT2D eigenvalue weighted by molar-refractivity contribution is -0.145. The number of nitrogens with zero attached hydrogens (tertiary/aromatic N) is 1. The van der Waals surface area contributed by atoms with Crippen molar-refractivity contribution in [3.63, 3.8) is 0 Å². The van der Waals surface area contributed by atoms with Crippen molar-refractivity contribution in [3.8, 4) is 5.75 Å². The average Bonchev–Trinajstić information content (AvgIpc) is 3.46.